The number of esters is 1. The van der Waals surface area contributed by atoms with Crippen LogP contribution in [0.25, 0.3) is 0 Å². The smallest absolute Gasteiger partial charge is 0.169 e. The molecule has 1 radical (unpaired) electrons. The predicted molar refractivity (Wildman–Crippen MR) is 35.8 cm³/mol. The van der Waals surface area contributed by atoms with Crippen LogP contribution >= 0.6 is 0 Å². The van der Waals surface area contributed by atoms with Gasteiger partial charge in [-0.05, 0) is 6.92 Å². The minimum atomic E-state index is -0.167. The van der Waals surface area contributed by atoms with E-state index >= 15 is 0 Å². The van der Waals surface area contributed by atoms with Gasteiger partial charge in [-0.25, -0.2) is 0 Å². The van der Waals surface area contributed by atoms with Gasteiger partial charge in [0.05, 0.1) is 6.61 Å². The summed E-state index contributed by atoms with van der Waals surface area (Å²) in [4.78, 5) is 10.7. The average Bonchev–Trinajstić information content (AvgIpc) is 1.87. The molecular formula is C7H13O2Rh-. The molecule has 0 spiro atoms. The molecule has 2 nitrogen and oxygen atoms in total. The maximum Gasteiger partial charge on any atom is 0.169 e. The molecule has 0 unspecified atom stereocenters. The molecule has 0 heterocycles. The Kier molecular flexibility index (Phi) is 8.93. The SMILES string of the molecule is CCOC(=O)[C-](C)CC.[Rh]. The van der Waals surface area contributed by atoms with E-state index in [1.807, 2.05) is 6.92 Å². The van der Waals surface area contributed by atoms with E-state index in [9.17, 15) is 4.79 Å². The van der Waals surface area contributed by atoms with Crippen molar-refractivity contribution in [1.82, 2.24) is 0 Å². The molecule has 0 aliphatic carbocycles. The van der Waals surface area contributed by atoms with E-state index in [4.69, 9.17) is 4.74 Å². The molecule has 10 heavy (non-hydrogen) atoms. The van der Waals surface area contributed by atoms with E-state index < -0.39 is 0 Å². The van der Waals surface area contributed by atoms with E-state index in [0.29, 0.717) is 6.61 Å². The quantitative estimate of drug-likeness (QED) is 0.419. The molecule has 0 atom stereocenters. The van der Waals surface area contributed by atoms with Crippen LogP contribution in [-0.2, 0) is 29.0 Å². The monoisotopic (exact) mass is 232 g/mol. The third kappa shape index (κ3) is 4.81. The van der Waals surface area contributed by atoms with Crippen molar-refractivity contribution in [2.45, 2.75) is 27.2 Å². The van der Waals surface area contributed by atoms with Crippen LogP contribution in [0.5, 0.6) is 0 Å². The van der Waals surface area contributed by atoms with Crippen LogP contribution in [0.2, 0.25) is 0 Å². The van der Waals surface area contributed by atoms with Crippen LogP contribution in [0.15, 0.2) is 0 Å². The molecule has 0 aliphatic rings. The van der Waals surface area contributed by atoms with Crippen molar-refractivity contribution >= 4 is 5.97 Å². The van der Waals surface area contributed by atoms with Crippen LogP contribution in [0.1, 0.15) is 27.2 Å². The Balaban J connectivity index is 0. The number of hydrogen-bond donors (Lipinski definition) is 0. The fourth-order valence-corrected chi connectivity index (χ4v) is 0.399. The summed E-state index contributed by atoms with van der Waals surface area (Å²) in [7, 11) is 0. The Labute approximate surface area is 75.1 Å². The Morgan fingerprint density at radius 2 is 2.00 bits per heavy atom. The third-order valence-electron chi connectivity index (χ3n) is 1.15. The molecule has 0 N–H and O–H groups in total. The van der Waals surface area contributed by atoms with Gasteiger partial charge >= 0.3 is 0 Å². The standard InChI is InChI=1S/C7H13O2.Rh/c1-4-6(3)7(8)9-5-2;/h4-5H2,1-3H3;/q-1;. The third-order valence-corrected chi connectivity index (χ3v) is 1.15. The fraction of sp³-hybridized carbons (Fsp3) is 0.714. The molecule has 0 saturated carbocycles. The van der Waals surface area contributed by atoms with Gasteiger partial charge in [0.15, 0.2) is 5.97 Å². The van der Waals surface area contributed by atoms with Gasteiger partial charge in [-0.2, -0.15) is 13.3 Å². The van der Waals surface area contributed by atoms with E-state index in [1.54, 1.807) is 13.8 Å². The molecule has 3 heteroatoms. The largest absolute Gasteiger partial charge is 0.488 e. The van der Waals surface area contributed by atoms with Crippen LogP contribution in [-0.4, -0.2) is 12.6 Å². The Bertz CT molecular complexity index is 93.6. The first-order chi connectivity index (χ1) is 4.22. The molecule has 0 fully saturated rings. The summed E-state index contributed by atoms with van der Waals surface area (Å²) in [5, 5.41) is 0. The van der Waals surface area contributed by atoms with Crippen molar-refractivity contribution in [1.29, 1.82) is 0 Å². The van der Waals surface area contributed by atoms with Crippen molar-refractivity contribution in [2.75, 3.05) is 6.61 Å². The molecule has 0 aromatic carbocycles. The van der Waals surface area contributed by atoms with E-state index in [-0.39, 0.29) is 25.4 Å². The summed E-state index contributed by atoms with van der Waals surface area (Å²) in [6.07, 6.45) is 0.777. The minimum absolute atomic E-state index is 0. The van der Waals surface area contributed by atoms with Crippen LogP contribution in [0.3, 0.4) is 0 Å². The van der Waals surface area contributed by atoms with Gasteiger partial charge in [0.2, 0.25) is 0 Å². The Morgan fingerprint density at radius 3 is 2.30 bits per heavy atom. The maximum atomic E-state index is 10.7. The van der Waals surface area contributed by atoms with E-state index in [2.05, 4.69) is 0 Å². The molecule has 0 saturated heterocycles. The van der Waals surface area contributed by atoms with Gasteiger partial charge in [-0.3, -0.25) is 10.7 Å². The normalized spacial score (nSPS) is 7.90. The van der Waals surface area contributed by atoms with Gasteiger partial charge in [0.25, 0.3) is 0 Å². The first-order valence-electron chi connectivity index (χ1n) is 3.21. The topological polar surface area (TPSA) is 26.3 Å². The van der Waals surface area contributed by atoms with Crippen molar-refractivity contribution in [3.05, 3.63) is 5.92 Å². The number of hydrogen-bond acceptors (Lipinski definition) is 2. The predicted octanol–water partition coefficient (Wildman–Crippen LogP) is 1.55. The van der Waals surface area contributed by atoms with Crippen LogP contribution < -0.4 is 0 Å². The average molecular weight is 232 g/mol. The molecular weight excluding hydrogens is 219 g/mol. The first-order valence-corrected chi connectivity index (χ1v) is 3.21. The second-order valence-electron chi connectivity index (χ2n) is 1.85. The summed E-state index contributed by atoms with van der Waals surface area (Å²) >= 11 is 0. The first kappa shape index (κ1) is 12.6. The van der Waals surface area contributed by atoms with Crippen LogP contribution in [0.4, 0.5) is 0 Å². The zero-order chi connectivity index (χ0) is 7.28. The van der Waals surface area contributed by atoms with Crippen molar-refractivity contribution in [2.24, 2.45) is 0 Å². The fourth-order valence-electron chi connectivity index (χ4n) is 0.399. The molecule has 0 bridgehead atoms. The molecule has 0 aromatic heterocycles. The van der Waals surface area contributed by atoms with Gasteiger partial charge in [-0.15, -0.1) is 0 Å². The number of carbonyl (C=O) groups is 1. The van der Waals surface area contributed by atoms with Gasteiger partial charge in [0, 0.05) is 19.5 Å². The molecule has 63 valence electrons. The summed E-state index contributed by atoms with van der Waals surface area (Å²) < 4.78 is 4.72. The Hall–Kier alpha value is -0.0366. The van der Waals surface area contributed by atoms with Gasteiger partial charge in [-0.1, -0.05) is 6.92 Å². The second-order valence-corrected chi connectivity index (χ2v) is 1.85. The van der Waals surface area contributed by atoms with E-state index in [1.165, 1.54) is 0 Å². The number of rotatable bonds is 3. The molecule has 0 rings (SSSR count). The summed E-state index contributed by atoms with van der Waals surface area (Å²) in [6, 6.07) is 0. The van der Waals surface area contributed by atoms with E-state index in [0.717, 1.165) is 12.3 Å². The Morgan fingerprint density at radius 1 is 1.50 bits per heavy atom. The van der Waals surface area contributed by atoms with Crippen molar-refractivity contribution < 1.29 is 29.0 Å². The second kappa shape index (κ2) is 7.07. The zero-order valence-electron chi connectivity index (χ0n) is 6.56. The van der Waals surface area contributed by atoms with Crippen molar-refractivity contribution in [3.8, 4) is 0 Å². The summed E-state index contributed by atoms with van der Waals surface area (Å²) in [5.41, 5.74) is 0. The maximum absolute atomic E-state index is 10.7. The number of carbonyl (C=O) groups excluding carboxylic acids is 1. The summed E-state index contributed by atoms with van der Waals surface area (Å²) in [6.45, 7) is 6.00. The zero-order valence-corrected chi connectivity index (χ0v) is 8.20. The van der Waals surface area contributed by atoms with Crippen LogP contribution in [0, 0.1) is 5.92 Å². The van der Waals surface area contributed by atoms with Crippen molar-refractivity contribution in [3.63, 3.8) is 0 Å². The van der Waals surface area contributed by atoms with Gasteiger partial charge in [0.1, 0.15) is 0 Å². The number of ether oxygens (including phenoxy) is 1. The summed E-state index contributed by atoms with van der Waals surface area (Å²) in [5.74, 6) is 0.622. The minimum Gasteiger partial charge on any atom is -0.488 e. The molecule has 0 aromatic rings. The van der Waals surface area contributed by atoms with Gasteiger partial charge < -0.3 is 4.74 Å². The molecule has 0 amide bonds. The molecule has 0 aliphatic heterocycles.